The largest absolute Gasteiger partial charge is 0.390 e. The average molecular weight is 479 g/mol. The predicted octanol–water partition coefficient (Wildman–Crippen LogP) is 4.50. The van der Waals surface area contributed by atoms with Crippen LogP contribution in [0.2, 0.25) is 0 Å². The summed E-state index contributed by atoms with van der Waals surface area (Å²) in [6.07, 6.45) is 11.7. The summed E-state index contributed by atoms with van der Waals surface area (Å²) >= 11 is 0. The van der Waals surface area contributed by atoms with Gasteiger partial charge in [-0.15, -0.1) is 0 Å². The Morgan fingerprint density at radius 1 is 1.09 bits per heavy atom. The first-order valence-electron chi connectivity index (χ1n) is 13.5. The second kappa shape index (κ2) is 8.32. The normalized spacial score (nSPS) is 30.7. The zero-order valence-electron chi connectivity index (χ0n) is 21.0. The number of rotatable bonds is 5. The zero-order valence-corrected chi connectivity index (χ0v) is 21.0. The van der Waals surface area contributed by atoms with E-state index in [0.29, 0.717) is 36.7 Å². The highest BCUT2D eigenvalue weighted by Crippen LogP contribution is 2.61. The van der Waals surface area contributed by atoms with Crippen LogP contribution in [0.4, 0.5) is 5.82 Å². The Morgan fingerprint density at radius 3 is 2.31 bits per heavy atom. The number of anilines is 1. The van der Waals surface area contributed by atoms with Gasteiger partial charge in [0.2, 0.25) is 5.91 Å². The van der Waals surface area contributed by atoms with Crippen LogP contribution in [0.5, 0.6) is 0 Å². The third-order valence-electron chi connectivity index (χ3n) is 9.46. The van der Waals surface area contributed by atoms with E-state index in [-0.39, 0.29) is 23.1 Å². The van der Waals surface area contributed by atoms with E-state index in [2.05, 4.69) is 10.3 Å². The molecule has 4 aliphatic carbocycles. The first-order chi connectivity index (χ1) is 16.7. The van der Waals surface area contributed by atoms with E-state index in [0.717, 1.165) is 30.6 Å². The lowest BCUT2D eigenvalue weighted by atomic mass is 9.49. The van der Waals surface area contributed by atoms with Crippen molar-refractivity contribution in [1.29, 1.82) is 0 Å². The van der Waals surface area contributed by atoms with Gasteiger partial charge in [0.1, 0.15) is 17.2 Å². The van der Waals surface area contributed by atoms with Crippen LogP contribution >= 0.6 is 0 Å². The van der Waals surface area contributed by atoms with Gasteiger partial charge in [-0.25, -0.2) is 4.98 Å². The summed E-state index contributed by atoms with van der Waals surface area (Å²) in [5, 5.41) is 13.4. The number of carbonyl (C=O) groups is 2. The number of nitrogens with one attached hydrogen (secondary N) is 1. The van der Waals surface area contributed by atoms with E-state index in [4.69, 9.17) is 0 Å². The Morgan fingerprint density at radius 2 is 1.71 bits per heavy atom. The third kappa shape index (κ3) is 4.37. The number of hydrogen-bond donors (Lipinski definition) is 2. The molecule has 0 atom stereocenters. The number of imidazole rings is 1. The highest BCUT2D eigenvalue weighted by molar-refractivity contribution is 5.94. The quantitative estimate of drug-likeness (QED) is 0.662. The van der Waals surface area contributed by atoms with Gasteiger partial charge in [-0.1, -0.05) is 6.07 Å². The number of piperidine rings is 1. The lowest BCUT2D eigenvalue weighted by Crippen LogP contribution is -2.47. The van der Waals surface area contributed by atoms with Crippen molar-refractivity contribution in [3.8, 4) is 0 Å². The summed E-state index contributed by atoms with van der Waals surface area (Å²) < 4.78 is 1.83. The van der Waals surface area contributed by atoms with Gasteiger partial charge < -0.3 is 15.3 Å². The molecule has 0 radical (unpaired) electrons. The van der Waals surface area contributed by atoms with Gasteiger partial charge in [-0.05, 0) is 106 Å². The molecule has 5 aliphatic rings. The monoisotopic (exact) mass is 478 g/mol. The fourth-order valence-corrected chi connectivity index (χ4v) is 8.20. The fourth-order valence-electron chi connectivity index (χ4n) is 8.20. The molecule has 7 heteroatoms. The number of pyridine rings is 1. The Bertz CT molecular complexity index is 1100. The molecule has 7 nitrogen and oxygen atoms in total. The van der Waals surface area contributed by atoms with E-state index in [1.807, 2.05) is 41.3 Å². The van der Waals surface area contributed by atoms with Crippen LogP contribution in [-0.4, -0.2) is 49.9 Å². The first-order valence-corrected chi connectivity index (χ1v) is 13.5. The lowest BCUT2D eigenvalue weighted by molar-refractivity contribution is -0.124. The summed E-state index contributed by atoms with van der Waals surface area (Å²) in [7, 11) is 0. The topological polar surface area (TPSA) is 86.9 Å². The number of likely N-dealkylation sites (tertiary alicyclic amines) is 1. The standard InChI is InChI=1S/C28H38N4O3/c1-27(2,35)21-6-8-31(9-7-21)26(34)22-17-32-23(29-22)4-3-5-24(32)30-25(33)16-28-13-18-10-19(14-28)12-20(11-18)15-28/h3-5,17-21,35H,6-16H2,1-2H3,(H,30,33). The van der Waals surface area contributed by atoms with Crippen LogP contribution in [0.25, 0.3) is 5.65 Å². The van der Waals surface area contributed by atoms with E-state index in [1.165, 1.54) is 38.5 Å². The number of hydrogen-bond acceptors (Lipinski definition) is 4. The molecule has 188 valence electrons. The van der Waals surface area contributed by atoms with Gasteiger partial charge in [0.05, 0.1) is 5.60 Å². The maximum absolute atomic E-state index is 13.2. The zero-order chi connectivity index (χ0) is 24.4. The van der Waals surface area contributed by atoms with Crippen molar-refractivity contribution >= 4 is 23.3 Å². The Balaban J connectivity index is 1.15. The average Bonchev–Trinajstić information content (AvgIpc) is 3.22. The molecule has 7 rings (SSSR count). The van der Waals surface area contributed by atoms with Gasteiger partial charge in [0.15, 0.2) is 0 Å². The maximum Gasteiger partial charge on any atom is 0.274 e. The SMILES string of the molecule is CC(C)(O)C1CCN(C(=O)c2cn3c(NC(=O)CC45CC6CC(CC(C6)C4)C5)cccc3n2)CC1. The molecule has 2 N–H and O–H groups in total. The van der Waals surface area contributed by atoms with Crippen LogP contribution in [0.1, 0.15) is 82.1 Å². The summed E-state index contributed by atoms with van der Waals surface area (Å²) in [5.41, 5.74) is 0.529. The van der Waals surface area contributed by atoms with Gasteiger partial charge in [0.25, 0.3) is 5.91 Å². The fraction of sp³-hybridized carbons (Fsp3) is 0.679. The molecule has 1 aliphatic heterocycles. The van der Waals surface area contributed by atoms with Crippen LogP contribution in [0.3, 0.4) is 0 Å². The van der Waals surface area contributed by atoms with Crippen molar-refractivity contribution in [3.63, 3.8) is 0 Å². The summed E-state index contributed by atoms with van der Waals surface area (Å²) in [6, 6.07) is 5.63. The molecule has 0 spiro atoms. The van der Waals surface area contributed by atoms with Crippen molar-refractivity contribution < 1.29 is 14.7 Å². The van der Waals surface area contributed by atoms with Crippen molar-refractivity contribution in [2.45, 2.75) is 77.2 Å². The number of carbonyl (C=O) groups excluding carboxylic acids is 2. The van der Waals surface area contributed by atoms with E-state index >= 15 is 0 Å². The smallest absolute Gasteiger partial charge is 0.274 e. The predicted molar refractivity (Wildman–Crippen MR) is 134 cm³/mol. The maximum atomic E-state index is 13.2. The van der Waals surface area contributed by atoms with Crippen LogP contribution in [0.15, 0.2) is 24.4 Å². The minimum atomic E-state index is -0.721. The minimum Gasteiger partial charge on any atom is -0.390 e. The Labute approximate surface area is 207 Å². The highest BCUT2D eigenvalue weighted by atomic mass is 16.3. The van der Waals surface area contributed by atoms with Crippen molar-refractivity contribution in [1.82, 2.24) is 14.3 Å². The molecule has 0 unspecified atom stereocenters. The molecule has 4 bridgehead atoms. The molecule has 5 fully saturated rings. The minimum absolute atomic E-state index is 0.0784. The molecule has 3 heterocycles. The number of fused-ring (bicyclic) bond motifs is 1. The number of amides is 2. The van der Waals surface area contributed by atoms with Crippen LogP contribution < -0.4 is 5.32 Å². The van der Waals surface area contributed by atoms with Gasteiger partial charge in [-0.3, -0.25) is 14.0 Å². The van der Waals surface area contributed by atoms with Gasteiger partial charge in [-0.2, -0.15) is 0 Å². The molecule has 2 amide bonds. The van der Waals surface area contributed by atoms with E-state index in [9.17, 15) is 14.7 Å². The summed E-state index contributed by atoms with van der Waals surface area (Å²) in [4.78, 5) is 32.8. The van der Waals surface area contributed by atoms with Crippen molar-refractivity contribution in [2.75, 3.05) is 18.4 Å². The number of aliphatic hydroxyl groups is 1. The summed E-state index contributed by atoms with van der Waals surface area (Å²) in [6.45, 7) is 4.93. The second-order valence-electron chi connectivity index (χ2n) is 12.6. The van der Waals surface area contributed by atoms with Crippen LogP contribution in [-0.2, 0) is 4.79 Å². The summed E-state index contributed by atoms with van der Waals surface area (Å²) in [5.74, 6) is 3.34. The molecule has 1 saturated heterocycles. The van der Waals surface area contributed by atoms with Crippen molar-refractivity contribution in [3.05, 3.63) is 30.1 Å². The molecule has 2 aromatic rings. The first kappa shape index (κ1) is 23.0. The second-order valence-corrected chi connectivity index (χ2v) is 12.6. The molecule has 4 saturated carbocycles. The molecule has 2 aromatic heterocycles. The van der Waals surface area contributed by atoms with E-state index < -0.39 is 5.60 Å². The molecular formula is C28H38N4O3. The van der Waals surface area contributed by atoms with Gasteiger partial charge >= 0.3 is 0 Å². The lowest BCUT2D eigenvalue weighted by Gasteiger charge is -2.56. The number of aromatic nitrogens is 2. The van der Waals surface area contributed by atoms with Crippen LogP contribution in [0, 0.1) is 29.1 Å². The molecule has 35 heavy (non-hydrogen) atoms. The molecular weight excluding hydrogens is 440 g/mol. The van der Waals surface area contributed by atoms with E-state index in [1.54, 1.807) is 6.20 Å². The third-order valence-corrected chi connectivity index (χ3v) is 9.46. The van der Waals surface area contributed by atoms with Crippen molar-refractivity contribution in [2.24, 2.45) is 29.1 Å². The highest BCUT2D eigenvalue weighted by Gasteiger charge is 2.51. The van der Waals surface area contributed by atoms with Gasteiger partial charge in [0, 0.05) is 25.7 Å². The number of nitrogens with zero attached hydrogens (tertiary/aromatic N) is 3. The Hall–Kier alpha value is -2.41. The Kier molecular flexibility index (Phi) is 5.47. The molecule has 0 aromatic carbocycles.